The van der Waals surface area contributed by atoms with E-state index in [1.54, 1.807) is 42.5 Å². The van der Waals surface area contributed by atoms with E-state index in [4.69, 9.17) is 14.2 Å². The maximum absolute atomic E-state index is 13.8. The van der Waals surface area contributed by atoms with E-state index in [0.717, 1.165) is 9.87 Å². The molecule has 0 amide bonds. The van der Waals surface area contributed by atoms with E-state index in [2.05, 4.69) is 15.9 Å². The number of fused-ring (bicyclic) bond motifs is 1. The number of sulfonamides is 1. The van der Waals surface area contributed by atoms with Gasteiger partial charge in [-0.25, -0.2) is 8.42 Å². The number of β-amino-alcohol motifs (C(OH)–C–C–N with tert-alkyl or cyclic N) is 1. The molecule has 2 atom stereocenters. The molecular weight excluding hydrogens is 550 g/mol. The Bertz CT molecular complexity index is 1380. The molecule has 0 spiro atoms. The van der Waals surface area contributed by atoms with Crippen molar-refractivity contribution in [3.8, 4) is 17.2 Å². The Morgan fingerprint density at radius 2 is 1.61 bits per heavy atom. The number of methoxy groups -OCH3 is 3. The molecule has 1 heterocycles. The zero-order chi connectivity index (χ0) is 26.3. The van der Waals surface area contributed by atoms with Crippen LogP contribution in [-0.2, 0) is 16.4 Å². The summed E-state index contributed by atoms with van der Waals surface area (Å²) in [4.78, 5) is 0.0748. The molecule has 10 heteroatoms. The average Bonchev–Trinajstić information content (AvgIpc) is 2.86. The van der Waals surface area contributed by atoms with Crippen LogP contribution in [0.15, 0.2) is 64.0 Å². The standard InChI is InChI=1S/C26H28BrNO7S/c1-16-5-8-18(9-6-16)36(31,32)28-15-26(30,14-17-7-10-22(33-2)24(11-17)35-4)25(29)19-12-20(27)23(34-3)13-21(19)28/h5-13,25,29-30H,14-15H2,1-4H3. The van der Waals surface area contributed by atoms with Crippen LogP contribution in [0.3, 0.4) is 0 Å². The van der Waals surface area contributed by atoms with Crippen LogP contribution in [0.2, 0.25) is 0 Å². The highest BCUT2D eigenvalue weighted by atomic mass is 79.9. The Balaban J connectivity index is 1.85. The van der Waals surface area contributed by atoms with Crippen molar-refractivity contribution in [3.63, 3.8) is 0 Å². The van der Waals surface area contributed by atoms with Gasteiger partial charge in [0.25, 0.3) is 10.0 Å². The van der Waals surface area contributed by atoms with Gasteiger partial charge in [-0.15, -0.1) is 0 Å². The molecule has 36 heavy (non-hydrogen) atoms. The number of hydrogen-bond donors (Lipinski definition) is 2. The molecule has 0 radical (unpaired) electrons. The van der Waals surface area contributed by atoms with Gasteiger partial charge in [-0.05, 0) is 58.7 Å². The topological polar surface area (TPSA) is 106 Å². The molecule has 1 aliphatic heterocycles. The molecule has 2 unspecified atom stereocenters. The molecule has 192 valence electrons. The number of aryl methyl sites for hydroxylation is 1. The molecule has 2 N–H and O–H groups in total. The molecule has 1 aliphatic rings. The lowest BCUT2D eigenvalue weighted by atomic mass is 9.82. The van der Waals surface area contributed by atoms with Crippen molar-refractivity contribution in [1.29, 1.82) is 0 Å². The first-order valence-corrected chi connectivity index (χ1v) is 13.4. The SMILES string of the molecule is COc1cc2c(cc1Br)C(O)C(O)(Cc1ccc(OC)c(OC)c1)CN2S(=O)(=O)c1ccc(C)cc1. The van der Waals surface area contributed by atoms with Gasteiger partial charge in [0.2, 0.25) is 0 Å². The van der Waals surface area contributed by atoms with E-state index < -0.39 is 21.7 Å². The predicted molar refractivity (Wildman–Crippen MR) is 140 cm³/mol. The number of benzene rings is 3. The molecule has 8 nitrogen and oxygen atoms in total. The minimum absolute atomic E-state index is 0.0441. The fraction of sp³-hybridized carbons (Fsp3) is 0.308. The van der Waals surface area contributed by atoms with Crippen molar-refractivity contribution in [2.75, 3.05) is 32.2 Å². The molecule has 0 saturated carbocycles. The number of rotatable bonds is 7. The summed E-state index contributed by atoms with van der Waals surface area (Å²) in [7, 11) is 0.400. The summed E-state index contributed by atoms with van der Waals surface area (Å²) in [6.07, 6.45) is -1.43. The Kier molecular flexibility index (Phi) is 7.25. The maximum atomic E-state index is 13.8. The van der Waals surface area contributed by atoms with Gasteiger partial charge in [-0.2, -0.15) is 0 Å². The normalized spacial score (nSPS) is 19.5. The van der Waals surface area contributed by atoms with E-state index in [-0.39, 0.29) is 29.1 Å². The second-order valence-electron chi connectivity index (χ2n) is 8.74. The lowest BCUT2D eigenvalue weighted by Gasteiger charge is -2.44. The third-order valence-corrected chi connectivity index (χ3v) is 8.75. The van der Waals surface area contributed by atoms with Crippen LogP contribution in [0.1, 0.15) is 22.8 Å². The van der Waals surface area contributed by atoms with Crippen LogP contribution in [-0.4, -0.2) is 52.1 Å². The molecule has 0 aliphatic carbocycles. The molecule has 0 bridgehead atoms. The Morgan fingerprint density at radius 1 is 0.972 bits per heavy atom. The number of aliphatic hydroxyl groups excluding tert-OH is 1. The first kappa shape index (κ1) is 26.3. The lowest BCUT2D eigenvalue weighted by Crippen LogP contribution is -2.54. The van der Waals surface area contributed by atoms with Crippen molar-refractivity contribution in [2.24, 2.45) is 0 Å². The van der Waals surface area contributed by atoms with Crippen molar-refractivity contribution in [3.05, 3.63) is 75.8 Å². The van der Waals surface area contributed by atoms with Crippen LogP contribution in [0, 0.1) is 6.92 Å². The maximum Gasteiger partial charge on any atom is 0.264 e. The summed E-state index contributed by atoms with van der Waals surface area (Å²) in [5.41, 5.74) is 0.197. The first-order chi connectivity index (χ1) is 17.0. The number of hydrogen-bond acceptors (Lipinski definition) is 7. The van der Waals surface area contributed by atoms with E-state index in [1.807, 2.05) is 6.92 Å². The minimum Gasteiger partial charge on any atom is -0.495 e. The molecule has 4 rings (SSSR count). The fourth-order valence-corrected chi connectivity index (χ4v) is 6.48. The lowest BCUT2D eigenvalue weighted by molar-refractivity contribution is -0.0730. The van der Waals surface area contributed by atoms with Gasteiger partial charge >= 0.3 is 0 Å². The van der Waals surface area contributed by atoms with E-state index >= 15 is 0 Å². The highest BCUT2D eigenvalue weighted by Crippen LogP contribution is 2.47. The number of halogens is 1. The first-order valence-electron chi connectivity index (χ1n) is 11.1. The average molecular weight is 578 g/mol. The van der Waals surface area contributed by atoms with Crippen LogP contribution in [0.5, 0.6) is 17.2 Å². The van der Waals surface area contributed by atoms with Crippen molar-refractivity contribution >= 4 is 31.6 Å². The predicted octanol–water partition coefficient (Wildman–Crippen LogP) is 4.00. The second-order valence-corrected chi connectivity index (χ2v) is 11.5. The molecule has 0 fully saturated rings. The molecule has 0 saturated heterocycles. The molecule has 0 aromatic heterocycles. The van der Waals surface area contributed by atoms with Gasteiger partial charge in [0, 0.05) is 18.1 Å². The van der Waals surface area contributed by atoms with E-state index in [0.29, 0.717) is 27.3 Å². The third-order valence-electron chi connectivity index (χ3n) is 6.36. The monoisotopic (exact) mass is 577 g/mol. The van der Waals surface area contributed by atoms with Crippen LogP contribution < -0.4 is 18.5 Å². The Labute approximate surface area is 219 Å². The van der Waals surface area contributed by atoms with E-state index in [1.165, 1.54) is 33.5 Å². The number of aliphatic hydroxyl groups is 2. The van der Waals surface area contributed by atoms with Gasteiger partial charge in [0.15, 0.2) is 11.5 Å². The third kappa shape index (κ3) is 4.66. The fourth-order valence-electron chi connectivity index (χ4n) is 4.41. The quantitative estimate of drug-likeness (QED) is 0.437. The van der Waals surface area contributed by atoms with Gasteiger partial charge in [0.05, 0.1) is 42.9 Å². The highest BCUT2D eigenvalue weighted by molar-refractivity contribution is 9.10. The number of ether oxygens (including phenoxy) is 3. The van der Waals surface area contributed by atoms with Crippen LogP contribution >= 0.6 is 15.9 Å². The largest absolute Gasteiger partial charge is 0.495 e. The summed E-state index contributed by atoms with van der Waals surface area (Å²) in [6.45, 7) is 1.49. The summed E-state index contributed by atoms with van der Waals surface area (Å²) in [5.74, 6) is 1.37. The zero-order valence-corrected chi connectivity index (χ0v) is 22.8. The molecular formula is C26H28BrNO7S. The van der Waals surface area contributed by atoms with Gasteiger partial charge in [0.1, 0.15) is 17.5 Å². The summed E-state index contributed by atoms with van der Waals surface area (Å²) >= 11 is 3.41. The Morgan fingerprint density at radius 3 is 2.22 bits per heavy atom. The summed E-state index contributed by atoms with van der Waals surface area (Å²) in [5, 5.41) is 23.2. The Hall–Kier alpha value is -2.79. The van der Waals surface area contributed by atoms with Gasteiger partial charge in [-0.1, -0.05) is 23.8 Å². The molecule has 3 aromatic rings. The van der Waals surface area contributed by atoms with Gasteiger partial charge < -0.3 is 24.4 Å². The van der Waals surface area contributed by atoms with Gasteiger partial charge in [-0.3, -0.25) is 4.31 Å². The number of nitrogens with zero attached hydrogens (tertiary/aromatic N) is 1. The van der Waals surface area contributed by atoms with Crippen molar-refractivity contribution in [1.82, 2.24) is 0 Å². The van der Waals surface area contributed by atoms with Crippen molar-refractivity contribution in [2.45, 2.75) is 29.9 Å². The summed E-state index contributed by atoms with van der Waals surface area (Å²) < 4.78 is 45.3. The van der Waals surface area contributed by atoms with E-state index in [9.17, 15) is 18.6 Å². The van der Waals surface area contributed by atoms with Crippen LogP contribution in [0.4, 0.5) is 5.69 Å². The van der Waals surface area contributed by atoms with Crippen molar-refractivity contribution < 1.29 is 32.8 Å². The summed E-state index contributed by atoms with van der Waals surface area (Å²) in [6, 6.07) is 14.7. The smallest absolute Gasteiger partial charge is 0.264 e. The second kappa shape index (κ2) is 9.93. The zero-order valence-electron chi connectivity index (χ0n) is 20.4. The minimum atomic E-state index is -4.09. The number of anilines is 1. The highest BCUT2D eigenvalue weighted by Gasteiger charge is 2.48. The molecule has 3 aromatic carbocycles. The van der Waals surface area contributed by atoms with Crippen LogP contribution in [0.25, 0.3) is 0 Å².